The highest BCUT2D eigenvalue weighted by Gasteiger charge is 2.48. The molecule has 1 fully saturated rings. The number of hydrogen-bond acceptors (Lipinski definition) is 5. The molecule has 2 rings (SSSR count). The van der Waals surface area contributed by atoms with Crippen molar-refractivity contribution in [1.82, 2.24) is 9.97 Å². The van der Waals surface area contributed by atoms with Crippen molar-refractivity contribution in [2.75, 3.05) is 37.0 Å². The Bertz CT molecular complexity index is 481. The van der Waals surface area contributed by atoms with E-state index in [0.29, 0.717) is 6.54 Å². The summed E-state index contributed by atoms with van der Waals surface area (Å²) >= 11 is 0. The Morgan fingerprint density at radius 3 is 2.35 bits per heavy atom. The molecule has 0 unspecified atom stereocenters. The van der Waals surface area contributed by atoms with Crippen molar-refractivity contribution in [2.45, 2.75) is 39.7 Å². The molecule has 1 N–H and O–H groups in total. The van der Waals surface area contributed by atoms with Gasteiger partial charge < -0.3 is 14.9 Å². The predicted molar refractivity (Wildman–Crippen MR) is 82.4 cm³/mol. The van der Waals surface area contributed by atoms with Crippen LogP contribution in [0.2, 0.25) is 0 Å². The molecule has 112 valence electrons. The fourth-order valence-corrected chi connectivity index (χ4v) is 2.46. The van der Waals surface area contributed by atoms with Crippen molar-refractivity contribution in [3.05, 3.63) is 11.8 Å². The van der Waals surface area contributed by atoms with Crippen LogP contribution in [0.5, 0.6) is 0 Å². The molecule has 0 spiro atoms. The average molecular weight is 278 g/mol. The highest BCUT2D eigenvalue weighted by atomic mass is 16.3. The van der Waals surface area contributed by atoms with Crippen LogP contribution in [0.4, 0.5) is 11.8 Å². The maximum atomic E-state index is 10.6. The molecule has 0 aromatic carbocycles. The summed E-state index contributed by atoms with van der Waals surface area (Å²) in [6.07, 6.45) is 0.879. The van der Waals surface area contributed by atoms with Gasteiger partial charge in [-0.05, 0) is 13.3 Å². The van der Waals surface area contributed by atoms with Crippen LogP contribution in [-0.2, 0) is 6.42 Å². The van der Waals surface area contributed by atoms with Gasteiger partial charge in [-0.25, -0.2) is 4.98 Å². The average Bonchev–Trinajstić information content (AvgIpc) is 2.58. The molecule has 1 atom stereocenters. The fourth-order valence-electron chi connectivity index (χ4n) is 2.46. The summed E-state index contributed by atoms with van der Waals surface area (Å²) in [4.78, 5) is 13.2. The zero-order valence-corrected chi connectivity index (χ0v) is 13.4. The number of β-amino-alcohol motifs (C(OH)–C–C–N with tert-alkyl or cyclic N) is 1. The quantitative estimate of drug-likeness (QED) is 0.912. The smallest absolute Gasteiger partial charge is 0.227 e. The van der Waals surface area contributed by atoms with Gasteiger partial charge in [0.15, 0.2) is 0 Å². The lowest BCUT2D eigenvalue weighted by molar-refractivity contribution is -0.00891. The second-order valence-electron chi connectivity index (χ2n) is 6.78. The summed E-state index contributed by atoms with van der Waals surface area (Å²) in [6.45, 7) is 9.60. The lowest BCUT2D eigenvalue weighted by Gasteiger charge is -2.30. The number of aryl methyl sites for hydroxylation is 1. The van der Waals surface area contributed by atoms with Crippen molar-refractivity contribution in [3.63, 3.8) is 0 Å². The van der Waals surface area contributed by atoms with Gasteiger partial charge in [0.1, 0.15) is 5.82 Å². The Labute approximate surface area is 121 Å². The first kappa shape index (κ1) is 15.0. The summed E-state index contributed by atoms with van der Waals surface area (Å²) in [5.41, 5.74) is 0.175. The second kappa shape index (κ2) is 4.88. The molecule has 1 saturated heterocycles. The van der Waals surface area contributed by atoms with E-state index in [1.54, 1.807) is 0 Å². The fraction of sp³-hybridized carbons (Fsp3) is 0.733. The number of aliphatic hydroxyl groups is 1. The molecule has 1 aliphatic heterocycles. The van der Waals surface area contributed by atoms with E-state index < -0.39 is 5.60 Å². The van der Waals surface area contributed by atoms with Crippen molar-refractivity contribution in [3.8, 4) is 0 Å². The van der Waals surface area contributed by atoms with E-state index in [1.165, 1.54) is 0 Å². The van der Waals surface area contributed by atoms with E-state index in [9.17, 15) is 5.11 Å². The van der Waals surface area contributed by atoms with Gasteiger partial charge in [0.05, 0.1) is 5.60 Å². The van der Waals surface area contributed by atoms with Gasteiger partial charge in [-0.15, -0.1) is 0 Å². The molecule has 2 heterocycles. The van der Waals surface area contributed by atoms with Crippen LogP contribution < -0.4 is 9.80 Å². The van der Waals surface area contributed by atoms with Crippen LogP contribution in [0.3, 0.4) is 0 Å². The molecule has 1 aromatic heterocycles. The Morgan fingerprint density at radius 2 is 1.90 bits per heavy atom. The normalized spacial score (nSPS) is 25.1. The predicted octanol–water partition coefficient (Wildman–Crippen LogP) is 1.70. The van der Waals surface area contributed by atoms with Crippen LogP contribution in [0.15, 0.2) is 6.07 Å². The molecule has 0 saturated carbocycles. The summed E-state index contributed by atoms with van der Waals surface area (Å²) in [5, 5.41) is 10.6. The molecule has 1 aromatic rings. The topological polar surface area (TPSA) is 52.5 Å². The number of anilines is 2. The van der Waals surface area contributed by atoms with E-state index >= 15 is 0 Å². The largest absolute Gasteiger partial charge is 0.388 e. The molecule has 1 aliphatic rings. The summed E-state index contributed by atoms with van der Waals surface area (Å²) < 4.78 is 0. The van der Waals surface area contributed by atoms with Gasteiger partial charge in [-0.3, -0.25) is 0 Å². The van der Waals surface area contributed by atoms with Crippen LogP contribution in [0.25, 0.3) is 0 Å². The number of hydrogen-bond donors (Lipinski definition) is 1. The van der Waals surface area contributed by atoms with Gasteiger partial charge in [-0.1, -0.05) is 20.8 Å². The lowest BCUT2D eigenvalue weighted by atomic mass is 9.79. The molecule has 5 nitrogen and oxygen atoms in total. The van der Waals surface area contributed by atoms with E-state index in [-0.39, 0.29) is 5.41 Å². The molecule has 20 heavy (non-hydrogen) atoms. The van der Waals surface area contributed by atoms with Crippen molar-refractivity contribution in [2.24, 2.45) is 5.41 Å². The minimum absolute atomic E-state index is 0.150. The van der Waals surface area contributed by atoms with Gasteiger partial charge in [0.2, 0.25) is 5.95 Å². The van der Waals surface area contributed by atoms with Crippen LogP contribution in [0.1, 0.15) is 33.4 Å². The third-order valence-corrected chi connectivity index (χ3v) is 4.38. The standard InChI is InChI=1S/C15H26N4O/c1-7-11-8-12(17-13(16-11)18(5)6)19-9-14(2,3)15(4,20)10-19/h8,20H,7,9-10H2,1-6H3/t15-/m0/s1. The molecule has 5 heteroatoms. The number of rotatable bonds is 3. The van der Waals surface area contributed by atoms with E-state index in [4.69, 9.17) is 0 Å². The van der Waals surface area contributed by atoms with Crippen molar-refractivity contribution >= 4 is 11.8 Å². The van der Waals surface area contributed by atoms with Gasteiger partial charge in [0.25, 0.3) is 0 Å². The van der Waals surface area contributed by atoms with Crippen LogP contribution >= 0.6 is 0 Å². The first-order valence-electron chi connectivity index (χ1n) is 7.19. The first-order valence-corrected chi connectivity index (χ1v) is 7.19. The van der Waals surface area contributed by atoms with Gasteiger partial charge >= 0.3 is 0 Å². The van der Waals surface area contributed by atoms with Crippen molar-refractivity contribution < 1.29 is 5.11 Å². The summed E-state index contributed by atoms with van der Waals surface area (Å²) in [7, 11) is 3.89. The Hall–Kier alpha value is -1.36. The zero-order valence-electron chi connectivity index (χ0n) is 13.4. The maximum absolute atomic E-state index is 10.6. The minimum Gasteiger partial charge on any atom is -0.388 e. The van der Waals surface area contributed by atoms with Crippen molar-refractivity contribution in [1.29, 1.82) is 0 Å². The van der Waals surface area contributed by atoms with Crippen LogP contribution in [0, 0.1) is 5.41 Å². The molecule has 0 bridgehead atoms. The van der Waals surface area contributed by atoms with Crippen LogP contribution in [-0.4, -0.2) is 47.9 Å². The Balaban J connectivity index is 2.37. The number of aromatic nitrogens is 2. The molecular weight excluding hydrogens is 252 g/mol. The minimum atomic E-state index is -0.706. The summed E-state index contributed by atoms with van der Waals surface area (Å²) in [5.74, 6) is 1.63. The first-order chi connectivity index (χ1) is 9.16. The van der Waals surface area contributed by atoms with E-state index in [1.807, 2.05) is 32.0 Å². The number of nitrogens with zero attached hydrogens (tertiary/aromatic N) is 4. The second-order valence-corrected chi connectivity index (χ2v) is 6.78. The molecule has 0 amide bonds. The Kier molecular flexibility index (Phi) is 3.67. The monoisotopic (exact) mass is 278 g/mol. The molecular formula is C15H26N4O. The summed E-state index contributed by atoms with van der Waals surface area (Å²) in [6, 6.07) is 2.03. The highest BCUT2D eigenvalue weighted by Crippen LogP contribution is 2.40. The molecule has 0 aliphatic carbocycles. The van der Waals surface area contributed by atoms with E-state index in [2.05, 4.69) is 35.6 Å². The maximum Gasteiger partial charge on any atom is 0.227 e. The third-order valence-electron chi connectivity index (χ3n) is 4.38. The zero-order chi connectivity index (χ0) is 15.1. The molecule has 0 radical (unpaired) electrons. The Morgan fingerprint density at radius 1 is 1.25 bits per heavy atom. The van der Waals surface area contributed by atoms with Gasteiger partial charge in [0, 0.05) is 44.4 Å². The van der Waals surface area contributed by atoms with E-state index in [0.717, 1.165) is 30.4 Å². The lowest BCUT2D eigenvalue weighted by Crippen LogP contribution is -2.40. The third kappa shape index (κ3) is 2.59. The highest BCUT2D eigenvalue weighted by molar-refractivity contribution is 5.48. The van der Waals surface area contributed by atoms with Gasteiger partial charge in [-0.2, -0.15) is 4.98 Å². The SMILES string of the molecule is CCc1cc(N2CC(C)(C)[C@@](C)(O)C2)nc(N(C)C)n1.